The molecule has 5 atom stereocenters. The van der Waals surface area contributed by atoms with Crippen LogP contribution < -0.4 is 10.6 Å². The minimum absolute atomic E-state index is 0.182. The van der Waals surface area contributed by atoms with Crippen LogP contribution in [0.2, 0.25) is 5.02 Å². The van der Waals surface area contributed by atoms with Gasteiger partial charge in [0.1, 0.15) is 5.54 Å². The highest BCUT2D eigenvalue weighted by Gasteiger charge is 2.70. The molecule has 25 heavy (non-hydrogen) atoms. The third kappa shape index (κ3) is 1.87. The molecule has 3 amide bonds. The summed E-state index contributed by atoms with van der Waals surface area (Å²) in [5.74, 6) is -2.07. The van der Waals surface area contributed by atoms with Crippen molar-refractivity contribution < 1.29 is 14.4 Å². The minimum atomic E-state index is -1.24. The van der Waals surface area contributed by atoms with Gasteiger partial charge in [0.25, 0.3) is 0 Å². The van der Waals surface area contributed by atoms with Crippen LogP contribution in [0.15, 0.2) is 18.2 Å². The molecule has 0 radical (unpaired) electrons. The van der Waals surface area contributed by atoms with E-state index in [-0.39, 0.29) is 29.8 Å². The molecule has 1 spiro atoms. The van der Waals surface area contributed by atoms with Crippen LogP contribution in [-0.4, -0.2) is 34.7 Å². The van der Waals surface area contributed by atoms with Crippen molar-refractivity contribution in [3.63, 3.8) is 0 Å². The van der Waals surface area contributed by atoms with Crippen LogP contribution in [0.5, 0.6) is 0 Å². The number of carbonyl (C=O) groups is 3. The van der Waals surface area contributed by atoms with Gasteiger partial charge in [-0.2, -0.15) is 0 Å². The number of likely N-dealkylation sites (tertiary alicyclic amines) is 1. The second kappa shape index (κ2) is 5.29. The smallest absolute Gasteiger partial charge is 0.250 e. The average molecular weight is 362 g/mol. The fourth-order valence-corrected chi connectivity index (χ4v) is 4.82. The molecule has 2 N–H and O–H groups in total. The van der Waals surface area contributed by atoms with E-state index in [2.05, 4.69) is 10.6 Å². The van der Waals surface area contributed by atoms with Gasteiger partial charge in [0.2, 0.25) is 17.7 Å². The number of carbonyl (C=O) groups excluding carboxylic acids is 3. The van der Waals surface area contributed by atoms with E-state index in [0.717, 1.165) is 0 Å². The summed E-state index contributed by atoms with van der Waals surface area (Å²) in [6, 6.07) is 4.79. The number of halogens is 1. The number of anilines is 1. The number of nitrogens with one attached hydrogen (secondary N) is 2. The first-order valence-corrected chi connectivity index (χ1v) is 8.97. The fraction of sp³-hybridized carbons (Fsp3) is 0.500. The maximum absolute atomic E-state index is 13.2. The summed E-state index contributed by atoms with van der Waals surface area (Å²) in [5.41, 5.74) is -0.0625. The van der Waals surface area contributed by atoms with Gasteiger partial charge < -0.3 is 5.32 Å². The Morgan fingerprint density at radius 1 is 1.28 bits per heavy atom. The zero-order valence-corrected chi connectivity index (χ0v) is 15.1. The predicted octanol–water partition coefficient (Wildman–Crippen LogP) is 1.88. The van der Waals surface area contributed by atoms with E-state index >= 15 is 0 Å². The second-order valence-corrected chi connectivity index (χ2v) is 7.57. The fourth-order valence-electron chi connectivity index (χ4n) is 4.59. The van der Waals surface area contributed by atoms with Crippen molar-refractivity contribution in [3.05, 3.63) is 28.8 Å². The Bertz CT molecular complexity index is 811. The lowest BCUT2D eigenvalue weighted by Gasteiger charge is -2.30. The maximum atomic E-state index is 13.2. The molecule has 3 aliphatic heterocycles. The molecule has 3 heterocycles. The Hall–Kier alpha value is -1.92. The summed E-state index contributed by atoms with van der Waals surface area (Å²) >= 11 is 6.24. The Kier molecular flexibility index (Phi) is 3.50. The molecule has 4 rings (SSSR count). The van der Waals surface area contributed by atoms with E-state index in [0.29, 0.717) is 22.7 Å². The number of rotatable bonds is 2. The molecular formula is C18H20ClN3O3. The van der Waals surface area contributed by atoms with Crippen LogP contribution in [0.3, 0.4) is 0 Å². The Morgan fingerprint density at radius 3 is 2.68 bits per heavy atom. The van der Waals surface area contributed by atoms with Gasteiger partial charge in [-0.15, -0.1) is 0 Å². The molecule has 0 saturated carbocycles. The lowest BCUT2D eigenvalue weighted by Crippen LogP contribution is -2.53. The zero-order chi connectivity index (χ0) is 18.1. The maximum Gasteiger partial charge on any atom is 0.250 e. The molecule has 0 aliphatic carbocycles. The highest BCUT2D eigenvalue weighted by molar-refractivity contribution is 6.35. The molecule has 7 heteroatoms. The zero-order valence-electron chi connectivity index (χ0n) is 14.3. The van der Waals surface area contributed by atoms with Crippen LogP contribution in [0, 0.1) is 11.8 Å². The molecule has 3 aliphatic rings. The molecule has 1 aromatic rings. The normalized spacial score (nSPS) is 34.5. The van der Waals surface area contributed by atoms with Crippen molar-refractivity contribution in [2.45, 2.75) is 44.8 Å². The van der Waals surface area contributed by atoms with Gasteiger partial charge in [0.05, 0.1) is 22.5 Å². The van der Waals surface area contributed by atoms with E-state index < -0.39 is 17.4 Å². The Labute approximate surface area is 150 Å². The number of fused-ring (bicyclic) bond motifs is 4. The topological polar surface area (TPSA) is 78.5 Å². The van der Waals surface area contributed by atoms with E-state index in [1.807, 2.05) is 20.8 Å². The molecule has 0 unspecified atom stereocenters. The first-order valence-electron chi connectivity index (χ1n) is 8.59. The third-order valence-corrected chi connectivity index (χ3v) is 6.23. The summed E-state index contributed by atoms with van der Waals surface area (Å²) in [7, 11) is 0. The van der Waals surface area contributed by atoms with Crippen molar-refractivity contribution in [2.24, 2.45) is 11.8 Å². The van der Waals surface area contributed by atoms with Crippen molar-refractivity contribution in [3.8, 4) is 0 Å². The van der Waals surface area contributed by atoms with Crippen molar-refractivity contribution in [1.82, 2.24) is 10.2 Å². The summed E-state index contributed by atoms with van der Waals surface area (Å²) in [6.07, 6.45) is 0.681. The number of benzene rings is 1. The van der Waals surface area contributed by atoms with Crippen LogP contribution >= 0.6 is 11.6 Å². The number of para-hydroxylation sites is 1. The highest BCUT2D eigenvalue weighted by atomic mass is 35.5. The molecule has 6 nitrogen and oxygen atoms in total. The average Bonchev–Trinajstić information content (AvgIpc) is 3.13. The second-order valence-electron chi connectivity index (χ2n) is 7.16. The molecule has 0 aromatic heterocycles. The number of hydrogen-bond donors (Lipinski definition) is 2. The van der Waals surface area contributed by atoms with Crippen LogP contribution in [0.4, 0.5) is 5.69 Å². The van der Waals surface area contributed by atoms with Gasteiger partial charge in [-0.05, 0) is 26.3 Å². The van der Waals surface area contributed by atoms with Gasteiger partial charge in [-0.1, -0.05) is 30.7 Å². The van der Waals surface area contributed by atoms with Gasteiger partial charge in [-0.25, -0.2) is 0 Å². The summed E-state index contributed by atoms with van der Waals surface area (Å²) in [6.45, 7) is 5.66. The molecule has 1 aromatic carbocycles. The van der Waals surface area contributed by atoms with Gasteiger partial charge in [0.15, 0.2) is 0 Å². The van der Waals surface area contributed by atoms with E-state index in [4.69, 9.17) is 11.6 Å². The van der Waals surface area contributed by atoms with E-state index in [1.165, 1.54) is 4.90 Å². The SMILES string of the molecule is CC[C@H](C)N1C(=O)[C@H]2[C@@H](C1=O)[C@]1(N[C@@H]2C)C(=O)Nc2c(Cl)cccc21. The minimum Gasteiger partial charge on any atom is -0.323 e. The van der Waals surface area contributed by atoms with Crippen LogP contribution in [0.1, 0.15) is 32.8 Å². The number of imide groups is 1. The van der Waals surface area contributed by atoms with Gasteiger partial charge in [-0.3, -0.25) is 24.6 Å². The monoisotopic (exact) mass is 361 g/mol. The summed E-state index contributed by atoms with van der Waals surface area (Å²) in [4.78, 5) is 40.5. The van der Waals surface area contributed by atoms with Crippen molar-refractivity contribution in [1.29, 1.82) is 0 Å². The third-order valence-electron chi connectivity index (χ3n) is 5.91. The van der Waals surface area contributed by atoms with Crippen LogP contribution in [0.25, 0.3) is 0 Å². The van der Waals surface area contributed by atoms with E-state index in [1.54, 1.807) is 18.2 Å². The summed E-state index contributed by atoms with van der Waals surface area (Å²) in [5, 5.41) is 6.50. The standard InChI is InChI=1S/C18H20ClN3O3/c1-4-8(2)22-15(23)12-9(3)21-18(13(12)16(22)24)10-6-5-7-11(19)14(10)20-17(18)25/h5-9,12-13,21H,4H2,1-3H3,(H,20,25)/t8-,9+,12+,13-,18-/m0/s1. The molecular weight excluding hydrogens is 342 g/mol. The first-order chi connectivity index (χ1) is 11.8. The molecule has 132 valence electrons. The summed E-state index contributed by atoms with van der Waals surface area (Å²) < 4.78 is 0. The first kappa shape index (κ1) is 16.5. The highest BCUT2D eigenvalue weighted by Crippen LogP contribution is 2.54. The molecule has 0 bridgehead atoms. The number of amides is 3. The van der Waals surface area contributed by atoms with Gasteiger partial charge >= 0.3 is 0 Å². The molecule has 2 saturated heterocycles. The lowest BCUT2D eigenvalue weighted by atomic mass is 9.76. The van der Waals surface area contributed by atoms with Crippen LogP contribution in [-0.2, 0) is 19.9 Å². The Morgan fingerprint density at radius 2 is 2.00 bits per heavy atom. The van der Waals surface area contributed by atoms with Crippen molar-refractivity contribution >= 4 is 35.0 Å². The van der Waals surface area contributed by atoms with Crippen molar-refractivity contribution in [2.75, 3.05) is 5.32 Å². The lowest BCUT2D eigenvalue weighted by molar-refractivity contribution is -0.145. The predicted molar refractivity (Wildman–Crippen MR) is 92.9 cm³/mol. The van der Waals surface area contributed by atoms with Gasteiger partial charge in [0, 0.05) is 17.6 Å². The Balaban J connectivity index is 1.89. The van der Waals surface area contributed by atoms with E-state index in [9.17, 15) is 14.4 Å². The quantitative estimate of drug-likeness (QED) is 0.788. The molecule has 2 fully saturated rings. The number of hydrogen-bond acceptors (Lipinski definition) is 4. The number of nitrogens with zero attached hydrogens (tertiary/aromatic N) is 1. The largest absolute Gasteiger partial charge is 0.323 e.